The monoisotopic (exact) mass is 310 g/mol. The molecule has 0 fully saturated rings. The summed E-state index contributed by atoms with van der Waals surface area (Å²) < 4.78 is 5.14. The average molecular weight is 310 g/mol. The molecule has 2 amide bonds. The summed E-state index contributed by atoms with van der Waals surface area (Å²) in [6.45, 7) is 3.78. The van der Waals surface area contributed by atoms with Crippen molar-refractivity contribution >= 4 is 12.0 Å². The molecule has 0 atom stereocenters. The molecule has 0 saturated heterocycles. The summed E-state index contributed by atoms with van der Waals surface area (Å²) in [5, 5.41) is 20.2. The molecule has 0 heterocycles. The Hall–Kier alpha value is -2.12. The molecule has 7 heteroatoms. The Morgan fingerprint density at radius 3 is 2.45 bits per heavy atom. The molecule has 7 nitrogen and oxygen atoms in total. The van der Waals surface area contributed by atoms with E-state index in [0.29, 0.717) is 26.2 Å². The minimum Gasteiger partial charge on any atom is -0.478 e. The average Bonchev–Trinajstić information content (AvgIpc) is 2.53. The third kappa shape index (κ3) is 6.11. The first kappa shape index (κ1) is 17.9. The molecule has 0 unspecified atom stereocenters. The number of aromatic carboxylic acids is 1. The SMILES string of the molecule is CCN(CCOCCO)C(=O)NCc1ccc(C(=O)O)cc1. The minimum atomic E-state index is -0.976. The molecule has 3 N–H and O–H groups in total. The Labute approximate surface area is 129 Å². The van der Waals surface area contributed by atoms with Crippen LogP contribution in [-0.4, -0.2) is 60.0 Å². The zero-order valence-corrected chi connectivity index (χ0v) is 12.6. The first-order chi connectivity index (χ1) is 10.6. The number of urea groups is 1. The van der Waals surface area contributed by atoms with Crippen LogP contribution in [0.3, 0.4) is 0 Å². The molecular weight excluding hydrogens is 288 g/mol. The number of nitrogens with zero attached hydrogens (tertiary/aromatic N) is 1. The number of nitrogens with one attached hydrogen (secondary N) is 1. The predicted octanol–water partition coefficient (Wildman–Crippen LogP) is 0.925. The molecule has 0 aromatic heterocycles. The fourth-order valence-corrected chi connectivity index (χ4v) is 1.80. The van der Waals surface area contributed by atoms with Gasteiger partial charge in [0.15, 0.2) is 0 Å². The summed E-state index contributed by atoms with van der Waals surface area (Å²) in [5.74, 6) is -0.976. The molecule has 0 aliphatic heterocycles. The van der Waals surface area contributed by atoms with Gasteiger partial charge >= 0.3 is 12.0 Å². The van der Waals surface area contributed by atoms with Gasteiger partial charge in [-0.15, -0.1) is 0 Å². The van der Waals surface area contributed by atoms with E-state index >= 15 is 0 Å². The number of carboxylic acid groups (broad SMARTS) is 1. The highest BCUT2D eigenvalue weighted by atomic mass is 16.5. The molecule has 22 heavy (non-hydrogen) atoms. The molecule has 0 radical (unpaired) electrons. The fourth-order valence-electron chi connectivity index (χ4n) is 1.80. The van der Waals surface area contributed by atoms with Crippen molar-refractivity contribution in [3.8, 4) is 0 Å². The Morgan fingerprint density at radius 1 is 1.23 bits per heavy atom. The van der Waals surface area contributed by atoms with E-state index in [9.17, 15) is 9.59 Å². The van der Waals surface area contributed by atoms with Crippen LogP contribution in [0, 0.1) is 0 Å². The van der Waals surface area contributed by atoms with Crippen LogP contribution in [0.5, 0.6) is 0 Å². The highest BCUT2D eigenvalue weighted by Gasteiger charge is 2.10. The van der Waals surface area contributed by atoms with Gasteiger partial charge in [-0.2, -0.15) is 0 Å². The number of rotatable bonds is 9. The number of hydrogen-bond donors (Lipinski definition) is 3. The van der Waals surface area contributed by atoms with Gasteiger partial charge in [-0.25, -0.2) is 9.59 Å². The van der Waals surface area contributed by atoms with Crippen molar-refractivity contribution in [2.75, 3.05) is 32.9 Å². The largest absolute Gasteiger partial charge is 0.478 e. The maximum Gasteiger partial charge on any atom is 0.335 e. The molecule has 0 spiro atoms. The van der Waals surface area contributed by atoms with Gasteiger partial charge in [0.1, 0.15) is 0 Å². The van der Waals surface area contributed by atoms with E-state index in [4.69, 9.17) is 14.9 Å². The standard InChI is InChI=1S/C15H22N2O5/c1-2-17(7-9-22-10-8-18)15(21)16-11-12-3-5-13(6-4-12)14(19)20/h3-6,18H,2,7-11H2,1H3,(H,16,21)(H,19,20). The summed E-state index contributed by atoms with van der Waals surface area (Å²) >= 11 is 0. The van der Waals surface area contributed by atoms with Crippen LogP contribution >= 0.6 is 0 Å². The summed E-state index contributed by atoms with van der Waals surface area (Å²) in [6, 6.07) is 6.14. The van der Waals surface area contributed by atoms with E-state index in [1.807, 2.05) is 6.92 Å². The van der Waals surface area contributed by atoms with E-state index in [1.54, 1.807) is 17.0 Å². The molecule has 1 aromatic carbocycles. The number of amides is 2. The molecule has 1 aromatic rings. The fraction of sp³-hybridized carbons (Fsp3) is 0.467. The van der Waals surface area contributed by atoms with Crippen LogP contribution in [0.2, 0.25) is 0 Å². The van der Waals surface area contributed by atoms with Gasteiger partial charge in [-0.3, -0.25) is 0 Å². The van der Waals surface area contributed by atoms with Crippen molar-refractivity contribution in [1.82, 2.24) is 10.2 Å². The van der Waals surface area contributed by atoms with Crippen LogP contribution in [0.15, 0.2) is 24.3 Å². The Bertz CT molecular complexity index is 475. The highest BCUT2D eigenvalue weighted by molar-refractivity contribution is 5.87. The third-order valence-corrected chi connectivity index (χ3v) is 3.05. The molecule has 1 rings (SSSR count). The number of aliphatic hydroxyl groups excluding tert-OH is 1. The number of carbonyl (C=O) groups excluding carboxylic acids is 1. The van der Waals surface area contributed by atoms with Gasteiger partial charge in [0.25, 0.3) is 0 Å². The predicted molar refractivity (Wildman–Crippen MR) is 80.8 cm³/mol. The molecule has 122 valence electrons. The second-order valence-electron chi connectivity index (χ2n) is 4.58. The lowest BCUT2D eigenvalue weighted by Crippen LogP contribution is -2.41. The molecule has 0 bridgehead atoms. The van der Waals surface area contributed by atoms with Crippen LogP contribution in [-0.2, 0) is 11.3 Å². The molecule has 0 saturated carbocycles. The first-order valence-electron chi connectivity index (χ1n) is 7.12. The number of hydrogen-bond acceptors (Lipinski definition) is 4. The Morgan fingerprint density at radius 2 is 1.91 bits per heavy atom. The van der Waals surface area contributed by atoms with Crippen molar-refractivity contribution in [2.24, 2.45) is 0 Å². The summed E-state index contributed by atoms with van der Waals surface area (Å²) in [7, 11) is 0. The first-order valence-corrected chi connectivity index (χ1v) is 7.12. The normalized spacial score (nSPS) is 10.3. The zero-order chi connectivity index (χ0) is 16.4. The van der Waals surface area contributed by atoms with Crippen LogP contribution in [0.4, 0.5) is 4.79 Å². The second-order valence-corrected chi connectivity index (χ2v) is 4.58. The lowest BCUT2D eigenvalue weighted by molar-refractivity contribution is 0.0696. The smallest absolute Gasteiger partial charge is 0.335 e. The topological polar surface area (TPSA) is 99.1 Å². The number of carboxylic acids is 1. The van der Waals surface area contributed by atoms with Gasteiger partial charge in [-0.1, -0.05) is 12.1 Å². The minimum absolute atomic E-state index is 0.0370. The lowest BCUT2D eigenvalue weighted by atomic mass is 10.1. The Kier molecular flexibility index (Phi) is 7.95. The summed E-state index contributed by atoms with van der Waals surface area (Å²) in [6.07, 6.45) is 0. The van der Waals surface area contributed by atoms with Gasteiger partial charge in [-0.05, 0) is 24.6 Å². The van der Waals surface area contributed by atoms with Crippen LogP contribution in [0.1, 0.15) is 22.8 Å². The van der Waals surface area contributed by atoms with Gasteiger partial charge < -0.3 is 25.2 Å². The van der Waals surface area contributed by atoms with Crippen LogP contribution in [0.25, 0.3) is 0 Å². The van der Waals surface area contributed by atoms with Crippen LogP contribution < -0.4 is 5.32 Å². The van der Waals surface area contributed by atoms with E-state index in [2.05, 4.69) is 5.32 Å². The van der Waals surface area contributed by atoms with Crippen molar-refractivity contribution in [1.29, 1.82) is 0 Å². The number of benzene rings is 1. The maximum absolute atomic E-state index is 12.0. The third-order valence-electron chi connectivity index (χ3n) is 3.05. The lowest BCUT2D eigenvalue weighted by Gasteiger charge is -2.21. The van der Waals surface area contributed by atoms with E-state index in [0.717, 1.165) is 5.56 Å². The number of likely N-dealkylation sites (N-methyl/N-ethyl adjacent to an activating group) is 1. The van der Waals surface area contributed by atoms with Crippen molar-refractivity contribution in [3.05, 3.63) is 35.4 Å². The van der Waals surface area contributed by atoms with E-state index < -0.39 is 5.97 Å². The Balaban J connectivity index is 2.40. The quantitative estimate of drug-likeness (QED) is 0.589. The number of carbonyl (C=O) groups is 2. The maximum atomic E-state index is 12.0. The second kappa shape index (κ2) is 9.75. The van der Waals surface area contributed by atoms with Gasteiger partial charge in [0.2, 0.25) is 0 Å². The summed E-state index contributed by atoms with van der Waals surface area (Å²) in [4.78, 5) is 24.4. The van der Waals surface area contributed by atoms with Gasteiger partial charge in [0.05, 0.1) is 25.4 Å². The molecule has 0 aliphatic rings. The number of aliphatic hydroxyl groups is 1. The molecule has 0 aliphatic carbocycles. The number of ether oxygens (including phenoxy) is 1. The molecular formula is C15H22N2O5. The van der Waals surface area contributed by atoms with Gasteiger partial charge in [0, 0.05) is 19.6 Å². The van der Waals surface area contributed by atoms with E-state index in [1.165, 1.54) is 12.1 Å². The highest BCUT2D eigenvalue weighted by Crippen LogP contribution is 2.04. The van der Waals surface area contributed by atoms with Crippen molar-refractivity contribution in [2.45, 2.75) is 13.5 Å². The van der Waals surface area contributed by atoms with Crippen molar-refractivity contribution < 1.29 is 24.5 Å². The summed E-state index contributed by atoms with van der Waals surface area (Å²) in [5.41, 5.74) is 1.04. The zero-order valence-electron chi connectivity index (χ0n) is 12.6. The van der Waals surface area contributed by atoms with E-state index in [-0.39, 0.29) is 24.8 Å². The van der Waals surface area contributed by atoms with Crippen molar-refractivity contribution in [3.63, 3.8) is 0 Å².